The second-order valence-electron chi connectivity index (χ2n) is 3.27. The van der Waals surface area contributed by atoms with Gasteiger partial charge in [-0.3, -0.25) is 14.9 Å². The van der Waals surface area contributed by atoms with Gasteiger partial charge in [0.25, 0.3) is 0 Å². The van der Waals surface area contributed by atoms with Crippen molar-refractivity contribution in [1.29, 1.82) is 0 Å². The van der Waals surface area contributed by atoms with Crippen LogP contribution in [0.2, 0.25) is 0 Å². The summed E-state index contributed by atoms with van der Waals surface area (Å²) in [5.74, 6) is -1.26. The lowest BCUT2D eigenvalue weighted by Crippen LogP contribution is -2.10. The Hall–Kier alpha value is -2.18. The third-order valence-electron chi connectivity index (χ3n) is 1.99. The molecule has 0 aliphatic heterocycles. The SMILES string of the molecule is CCOC(=O)CCOc1ccc(F)cc1[N+](=O)[O-]. The Kier molecular flexibility index (Phi) is 5.04. The van der Waals surface area contributed by atoms with Gasteiger partial charge in [0.2, 0.25) is 0 Å². The summed E-state index contributed by atoms with van der Waals surface area (Å²) in [6.45, 7) is 1.87. The number of hydrogen-bond acceptors (Lipinski definition) is 5. The molecule has 0 radical (unpaired) electrons. The van der Waals surface area contributed by atoms with E-state index in [1.807, 2.05) is 0 Å². The molecule has 1 aromatic carbocycles. The number of carbonyl (C=O) groups is 1. The van der Waals surface area contributed by atoms with Crippen molar-refractivity contribution in [2.24, 2.45) is 0 Å². The number of carbonyl (C=O) groups excluding carboxylic acids is 1. The molecule has 0 N–H and O–H groups in total. The highest BCUT2D eigenvalue weighted by Crippen LogP contribution is 2.27. The minimum absolute atomic E-state index is 0.0254. The number of benzene rings is 1. The van der Waals surface area contributed by atoms with Crippen molar-refractivity contribution in [2.75, 3.05) is 13.2 Å². The van der Waals surface area contributed by atoms with Crippen molar-refractivity contribution >= 4 is 11.7 Å². The monoisotopic (exact) mass is 257 g/mol. The van der Waals surface area contributed by atoms with E-state index >= 15 is 0 Å². The second-order valence-corrected chi connectivity index (χ2v) is 3.27. The molecule has 0 unspecified atom stereocenters. The molecule has 0 bridgehead atoms. The Bertz CT molecular complexity index is 449. The predicted molar refractivity (Wildman–Crippen MR) is 59.8 cm³/mol. The smallest absolute Gasteiger partial charge is 0.313 e. The van der Waals surface area contributed by atoms with Gasteiger partial charge >= 0.3 is 11.7 Å². The summed E-state index contributed by atoms with van der Waals surface area (Å²) >= 11 is 0. The van der Waals surface area contributed by atoms with Gasteiger partial charge in [-0.15, -0.1) is 0 Å². The lowest BCUT2D eigenvalue weighted by Gasteiger charge is -2.06. The van der Waals surface area contributed by atoms with E-state index in [4.69, 9.17) is 4.74 Å². The zero-order chi connectivity index (χ0) is 13.5. The molecule has 1 rings (SSSR count). The third-order valence-corrected chi connectivity index (χ3v) is 1.99. The first-order valence-corrected chi connectivity index (χ1v) is 5.27. The van der Waals surface area contributed by atoms with E-state index in [0.717, 1.165) is 18.2 Å². The van der Waals surface area contributed by atoms with Crippen LogP contribution in [0.3, 0.4) is 0 Å². The van der Waals surface area contributed by atoms with Gasteiger partial charge in [-0.2, -0.15) is 0 Å². The Balaban J connectivity index is 2.62. The van der Waals surface area contributed by atoms with Gasteiger partial charge in [0, 0.05) is 0 Å². The van der Waals surface area contributed by atoms with Crippen LogP contribution in [0.1, 0.15) is 13.3 Å². The molecular weight excluding hydrogens is 245 g/mol. The Morgan fingerprint density at radius 1 is 1.50 bits per heavy atom. The fraction of sp³-hybridized carbons (Fsp3) is 0.364. The van der Waals surface area contributed by atoms with Crippen LogP contribution < -0.4 is 4.74 Å². The summed E-state index contributed by atoms with van der Waals surface area (Å²) in [7, 11) is 0. The summed E-state index contributed by atoms with van der Waals surface area (Å²) in [4.78, 5) is 20.9. The van der Waals surface area contributed by atoms with Gasteiger partial charge in [-0.05, 0) is 19.1 Å². The lowest BCUT2D eigenvalue weighted by atomic mass is 10.3. The van der Waals surface area contributed by atoms with Crippen LogP contribution in [0.5, 0.6) is 5.75 Å². The molecule has 18 heavy (non-hydrogen) atoms. The first-order chi connectivity index (χ1) is 8.54. The van der Waals surface area contributed by atoms with Crippen LogP contribution in [0.15, 0.2) is 18.2 Å². The lowest BCUT2D eigenvalue weighted by molar-refractivity contribution is -0.386. The number of esters is 1. The van der Waals surface area contributed by atoms with Crippen LogP contribution in [0.25, 0.3) is 0 Å². The summed E-state index contributed by atoms with van der Waals surface area (Å²) < 4.78 is 22.5. The highest BCUT2D eigenvalue weighted by molar-refractivity contribution is 5.69. The second kappa shape index (κ2) is 6.53. The zero-order valence-electron chi connectivity index (χ0n) is 9.72. The highest BCUT2D eigenvalue weighted by Gasteiger charge is 2.16. The largest absolute Gasteiger partial charge is 0.486 e. The normalized spacial score (nSPS) is 9.89. The average molecular weight is 257 g/mol. The van der Waals surface area contributed by atoms with Gasteiger partial charge in [0.15, 0.2) is 5.75 Å². The molecule has 0 amide bonds. The van der Waals surface area contributed by atoms with Crippen molar-refractivity contribution in [3.05, 3.63) is 34.1 Å². The molecule has 0 saturated carbocycles. The van der Waals surface area contributed by atoms with Crippen LogP contribution >= 0.6 is 0 Å². The summed E-state index contributed by atoms with van der Waals surface area (Å²) in [5.41, 5.74) is -0.473. The molecule has 98 valence electrons. The maximum absolute atomic E-state index is 12.8. The first kappa shape index (κ1) is 13.9. The number of nitro groups is 1. The summed E-state index contributed by atoms with van der Waals surface area (Å²) in [6, 6.07) is 2.96. The molecule has 7 heteroatoms. The fourth-order valence-electron chi connectivity index (χ4n) is 1.23. The quantitative estimate of drug-likeness (QED) is 0.443. The van der Waals surface area contributed by atoms with E-state index in [1.54, 1.807) is 6.92 Å². The van der Waals surface area contributed by atoms with Crippen LogP contribution in [-0.4, -0.2) is 24.1 Å². The maximum atomic E-state index is 12.8. The molecular formula is C11H12FNO5. The molecule has 0 heterocycles. The van der Waals surface area contributed by atoms with Crippen LogP contribution in [0.4, 0.5) is 10.1 Å². The van der Waals surface area contributed by atoms with Gasteiger partial charge in [0.1, 0.15) is 5.82 Å². The van der Waals surface area contributed by atoms with E-state index in [1.165, 1.54) is 0 Å². The van der Waals surface area contributed by atoms with Gasteiger partial charge in [-0.25, -0.2) is 4.39 Å². The number of rotatable bonds is 6. The zero-order valence-corrected chi connectivity index (χ0v) is 9.72. The Morgan fingerprint density at radius 3 is 2.83 bits per heavy atom. The minimum Gasteiger partial charge on any atom is -0.486 e. The topological polar surface area (TPSA) is 78.7 Å². The average Bonchev–Trinajstić information content (AvgIpc) is 2.31. The Morgan fingerprint density at radius 2 is 2.22 bits per heavy atom. The number of halogens is 1. The standard InChI is InChI=1S/C11H12FNO5/c1-2-17-11(14)5-6-18-10-4-3-8(12)7-9(10)13(15)16/h3-4,7H,2,5-6H2,1H3. The number of nitrogens with zero attached hydrogens (tertiary/aromatic N) is 1. The predicted octanol–water partition coefficient (Wildman–Crippen LogP) is 2.07. The molecule has 0 saturated heterocycles. The van der Waals surface area contributed by atoms with Crippen molar-refractivity contribution in [3.63, 3.8) is 0 Å². The van der Waals surface area contributed by atoms with Crippen molar-refractivity contribution in [1.82, 2.24) is 0 Å². The third kappa shape index (κ3) is 4.00. The molecule has 0 fully saturated rings. The minimum atomic E-state index is -0.747. The highest BCUT2D eigenvalue weighted by atomic mass is 19.1. The van der Waals surface area contributed by atoms with Crippen molar-refractivity contribution < 1.29 is 23.6 Å². The molecule has 0 atom stereocenters. The van der Waals surface area contributed by atoms with Gasteiger partial charge in [0.05, 0.1) is 30.6 Å². The molecule has 0 spiro atoms. The van der Waals surface area contributed by atoms with E-state index in [2.05, 4.69) is 4.74 Å². The molecule has 0 aromatic heterocycles. The molecule has 0 aliphatic rings. The fourth-order valence-corrected chi connectivity index (χ4v) is 1.23. The summed E-state index contributed by atoms with van der Waals surface area (Å²) in [5, 5.41) is 10.6. The Labute approximate surface area is 102 Å². The van der Waals surface area contributed by atoms with E-state index in [-0.39, 0.29) is 25.4 Å². The summed E-state index contributed by atoms with van der Waals surface area (Å²) in [6.07, 6.45) is -0.0254. The van der Waals surface area contributed by atoms with Gasteiger partial charge < -0.3 is 9.47 Å². The van der Waals surface area contributed by atoms with Crippen LogP contribution in [-0.2, 0) is 9.53 Å². The number of hydrogen-bond donors (Lipinski definition) is 0. The molecule has 1 aromatic rings. The van der Waals surface area contributed by atoms with Gasteiger partial charge in [-0.1, -0.05) is 0 Å². The van der Waals surface area contributed by atoms with Crippen molar-refractivity contribution in [2.45, 2.75) is 13.3 Å². The maximum Gasteiger partial charge on any atom is 0.313 e. The van der Waals surface area contributed by atoms with E-state index < -0.39 is 22.4 Å². The van der Waals surface area contributed by atoms with E-state index in [9.17, 15) is 19.3 Å². The molecule has 6 nitrogen and oxygen atoms in total. The van der Waals surface area contributed by atoms with Crippen LogP contribution in [0, 0.1) is 15.9 Å². The first-order valence-electron chi connectivity index (χ1n) is 5.27. The number of ether oxygens (including phenoxy) is 2. The van der Waals surface area contributed by atoms with Crippen molar-refractivity contribution in [3.8, 4) is 5.75 Å². The number of nitro benzene ring substituents is 1. The van der Waals surface area contributed by atoms with E-state index in [0.29, 0.717) is 0 Å². The molecule has 0 aliphatic carbocycles.